The Labute approximate surface area is 293 Å². The molecular formula is C39H62N4O6. The number of carbonyl (C=O) groups excluding carboxylic acids is 3. The Morgan fingerprint density at radius 2 is 1.37 bits per heavy atom. The van der Waals surface area contributed by atoms with Gasteiger partial charge in [0.15, 0.2) is 5.69 Å². The van der Waals surface area contributed by atoms with E-state index < -0.39 is 47.1 Å². The summed E-state index contributed by atoms with van der Waals surface area (Å²) in [6, 6.07) is 7.41. The number of ether oxygens (including phenoxy) is 2. The van der Waals surface area contributed by atoms with E-state index in [0.717, 1.165) is 25.7 Å². The van der Waals surface area contributed by atoms with Crippen molar-refractivity contribution in [2.24, 2.45) is 0 Å². The van der Waals surface area contributed by atoms with Crippen LogP contribution in [0.25, 0.3) is 11.0 Å². The summed E-state index contributed by atoms with van der Waals surface area (Å²) in [5.41, 5.74) is -1.19. The highest BCUT2D eigenvalue weighted by Crippen LogP contribution is 2.44. The minimum absolute atomic E-state index is 0. The van der Waals surface area contributed by atoms with Gasteiger partial charge < -0.3 is 19.4 Å². The molecule has 2 bridgehead atoms. The van der Waals surface area contributed by atoms with Crippen molar-refractivity contribution in [3.63, 3.8) is 0 Å². The van der Waals surface area contributed by atoms with Gasteiger partial charge in [0.25, 0.3) is 11.5 Å². The number of aromatic nitrogens is 2. The first-order valence-electron chi connectivity index (χ1n) is 18.2. The fraction of sp³-hybridized carbons (Fsp3) is 0.718. The molecule has 3 aliphatic rings. The summed E-state index contributed by atoms with van der Waals surface area (Å²) >= 11 is 0. The predicted molar refractivity (Wildman–Crippen MR) is 195 cm³/mol. The van der Waals surface area contributed by atoms with Crippen LogP contribution in [0.5, 0.6) is 0 Å². The molecule has 1 aromatic heterocycles. The van der Waals surface area contributed by atoms with Crippen molar-refractivity contribution in [2.75, 3.05) is 0 Å². The number of amides is 1. The number of rotatable bonds is 7. The van der Waals surface area contributed by atoms with E-state index in [9.17, 15) is 19.2 Å². The van der Waals surface area contributed by atoms with Crippen LogP contribution in [0.3, 0.4) is 0 Å². The van der Waals surface area contributed by atoms with Gasteiger partial charge in [0.1, 0.15) is 17.2 Å². The molecule has 2 aliphatic heterocycles. The zero-order valence-electron chi connectivity index (χ0n) is 30.5. The Kier molecular flexibility index (Phi) is 14.0. The van der Waals surface area contributed by atoms with E-state index in [0.29, 0.717) is 29.2 Å². The molecule has 1 aromatic carbocycles. The SMILES string of the molecule is C.CC.CC(C)(C)OC(=O)CC(NC(=O)c1nc2ccccc2n(C2CC3CCC(C2)N3C2CCCCCCC2)c1=O)C(=O)OC(C)(C)C. The van der Waals surface area contributed by atoms with Crippen LogP contribution in [0.15, 0.2) is 29.1 Å². The third-order valence-electron chi connectivity index (χ3n) is 9.42. The summed E-state index contributed by atoms with van der Waals surface area (Å²) in [5, 5.41) is 2.60. The number of fused-ring (bicyclic) bond motifs is 3. The van der Waals surface area contributed by atoms with Gasteiger partial charge in [0, 0.05) is 24.2 Å². The van der Waals surface area contributed by atoms with Gasteiger partial charge in [-0.3, -0.25) is 19.3 Å². The summed E-state index contributed by atoms with van der Waals surface area (Å²) in [5.74, 6) is -2.27. The first-order valence-corrected chi connectivity index (χ1v) is 18.2. The van der Waals surface area contributed by atoms with E-state index in [1.807, 2.05) is 32.0 Å². The second-order valence-corrected chi connectivity index (χ2v) is 15.4. The van der Waals surface area contributed by atoms with Gasteiger partial charge in [0.2, 0.25) is 0 Å². The minimum Gasteiger partial charge on any atom is -0.460 e. The van der Waals surface area contributed by atoms with E-state index in [4.69, 9.17) is 9.47 Å². The monoisotopic (exact) mass is 682 g/mol. The molecule has 49 heavy (non-hydrogen) atoms. The van der Waals surface area contributed by atoms with E-state index in [2.05, 4.69) is 15.2 Å². The molecule has 1 aliphatic carbocycles. The standard InChI is InChI=1S/C36H52N4O6.C2H6.CH4/c1-35(2,3)45-30(41)22-28(34(44)46-36(4,5)6)38-32(42)31-33(43)40(29-17-13-12-16-27(29)37-31)26-20-24-18-19-25(21-26)39(24)23-14-10-8-7-9-11-15-23;1-2;/h12-13,16-17,23-26,28H,7-11,14-15,18-22H2,1-6H3,(H,38,42);1-2H3;1H4. The molecule has 0 spiro atoms. The number of nitrogens with one attached hydrogen (secondary N) is 1. The van der Waals surface area contributed by atoms with Crippen molar-refractivity contribution >= 4 is 28.9 Å². The Balaban J connectivity index is 0.00000213. The van der Waals surface area contributed by atoms with Gasteiger partial charge in [-0.2, -0.15) is 0 Å². The molecule has 1 saturated carbocycles. The summed E-state index contributed by atoms with van der Waals surface area (Å²) in [4.78, 5) is 61.2. The summed E-state index contributed by atoms with van der Waals surface area (Å²) < 4.78 is 12.7. The molecule has 2 saturated heterocycles. The fourth-order valence-corrected chi connectivity index (χ4v) is 7.73. The minimum atomic E-state index is -1.36. The van der Waals surface area contributed by atoms with E-state index in [1.165, 1.54) is 44.9 Å². The number of piperidine rings is 1. The lowest BCUT2D eigenvalue weighted by Gasteiger charge is -2.45. The molecule has 3 unspecified atom stereocenters. The van der Waals surface area contributed by atoms with Crippen molar-refractivity contribution < 1.29 is 23.9 Å². The molecule has 274 valence electrons. The first kappa shape index (κ1) is 40.2. The van der Waals surface area contributed by atoms with Crippen LogP contribution < -0.4 is 10.9 Å². The number of nitrogens with zero attached hydrogens (tertiary/aromatic N) is 3. The number of hydrogen-bond donors (Lipinski definition) is 1. The zero-order valence-corrected chi connectivity index (χ0v) is 30.5. The third kappa shape index (κ3) is 10.4. The quantitative estimate of drug-likeness (QED) is 0.298. The lowest BCUT2D eigenvalue weighted by molar-refractivity contribution is -0.164. The topological polar surface area (TPSA) is 120 Å². The molecule has 3 atom stereocenters. The number of esters is 2. The maximum absolute atomic E-state index is 14.2. The van der Waals surface area contributed by atoms with E-state index in [1.54, 1.807) is 52.2 Å². The van der Waals surface area contributed by atoms with Gasteiger partial charge in [-0.05, 0) is 92.2 Å². The molecule has 1 amide bonds. The van der Waals surface area contributed by atoms with Crippen molar-refractivity contribution in [3.8, 4) is 0 Å². The maximum atomic E-state index is 14.2. The van der Waals surface area contributed by atoms with Gasteiger partial charge in [-0.15, -0.1) is 0 Å². The van der Waals surface area contributed by atoms with Crippen LogP contribution in [-0.4, -0.2) is 67.7 Å². The molecule has 3 fully saturated rings. The van der Waals surface area contributed by atoms with Crippen LogP contribution in [0.4, 0.5) is 0 Å². The molecule has 10 nitrogen and oxygen atoms in total. The van der Waals surface area contributed by atoms with Gasteiger partial charge >= 0.3 is 11.9 Å². The fourth-order valence-electron chi connectivity index (χ4n) is 7.73. The van der Waals surface area contributed by atoms with Crippen LogP contribution in [0, 0.1) is 0 Å². The largest absolute Gasteiger partial charge is 0.460 e. The summed E-state index contributed by atoms with van der Waals surface area (Å²) in [6.07, 6.45) is 12.6. The molecule has 3 heterocycles. The predicted octanol–water partition coefficient (Wildman–Crippen LogP) is 7.51. The highest BCUT2D eigenvalue weighted by atomic mass is 16.6. The lowest BCUT2D eigenvalue weighted by atomic mass is 9.89. The van der Waals surface area contributed by atoms with Crippen LogP contribution >= 0.6 is 0 Å². The van der Waals surface area contributed by atoms with Crippen molar-refractivity contribution in [3.05, 3.63) is 40.3 Å². The summed E-state index contributed by atoms with van der Waals surface area (Å²) in [6.45, 7) is 14.3. The Hall–Kier alpha value is -3.27. The third-order valence-corrected chi connectivity index (χ3v) is 9.42. The zero-order chi connectivity index (χ0) is 35.2. The van der Waals surface area contributed by atoms with Gasteiger partial charge in [0.05, 0.1) is 17.5 Å². The van der Waals surface area contributed by atoms with Gasteiger partial charge in [-0.1, -0.05) is 65.5 Å². The number of benzene rings is 1. The van der Waals surface area contributed by atoms with E-state index in [-0.39, 0.29) is 19.2 Å². The second-order valence-electron chi connectivity index (χ2n) is 15.4. The van der Waals surface area contributed by atoms with Crippen LogP contribution in [0.2, 0.25) is 0 Å². The normalized spacial score (nSPS) is 22.4. The maximum Gasteiger partial charge on any atom is 0.329 e. The first-order chi connectivity index (χ1) is 22.7. The molecule has 2 aromatic rings. The number of carbonyl (C=O) groups is 3. The Bertz CT molecular complexity index is 1470. The average Bonchev–Trinajstić information content (AvgIpc) is 3.24. The summed E-state index contributed by atoms with van der Waals surface area (Å²) in [7, 11) is 0. The van der Waals surface area contributed by atoms with Crippen molar-refractivity contribution in [1.82, 2.24) is 19.8 Å². The lowest BCUT2D eigenvalue weighted by Crippen LogP contribution is -2.51. The molecular weight excluding hydrogens is 620 g/mol. The highest BCUT2D eigenvalue weighted by Gasteiger charge is 2.45. The second kappa shape index (κ2) is 17.1. The number of hydrogen-bond acceptors (Lipinski definition) is 8. The molecule has 5 rings (SSSR count). The van der Waals surface area contributed by atoms with Crippen molar-refractivity contribution in [2.45, 2.75) is 181 Å². The highest BCUT2D eigenvalue weighted by molar-refractivity contribution is 5.97. The van der Waals surface area contributed by atoms with Gasteiger partial charge in [-0.25, -0.2) is 9.78 Å². The van der Waals surface area contributed by atoms with Crippen LogP contribution in [-0.2, 0) is 19.1 Å². The average molecular weight is 683 g/mol. The molecule has 0 radical (unpaired) electrons. The van der Waals surface area contributed by atoms with E-state index >= 15 is 0 Å². The number of para-hydroxylation sites is 2. The molecule has 10 heteroatoms. The Morgan fingerprint density at radius 3 is 1.94 bits per heavy atom. The Morgan fingerprint density at radius 1 is 0.816 bits per heavy atom. The van der Waals surface area contributed by atoms with Crippen LogP contribution in [0.1, 0.15) is 156 Å². The molecule has 1 N–H and O–H groups in total. The smallest absolute Gasteiger partial charge is 0.329 e. The van der Waals surface area contributed by atoms with Crippen molar-refractivity contribution in [1.29, 1.82) is 0 Å².